The van der Waals surface area contributed by atoms with E-state index in [9.17, 15) is 5.11 Å². The van der Waals surface area contributed by atoms with E-state index in [0.717, 1.165) is 18.8 Å². The maximum absolute atomic E-state index is 9.25. The Balaban J connectivity index is 1.90. The molecular weight excluding hydrogens is 274 g/mol. The molecule has 0 aromatic heterocycles. The van der Waals surface area contributed by atoms with E-state index in [1.807, 2.05) is 13.0 Å². The summed E-state index contributed by atoms with van der Waals surface area (Å²) in [6, 6.07) is 15.3. The Bertz CT molecular complexity index is 588. The third kappa shape index (κ3) is 4.55. The van der Waals surface area contributed by atoms with E-state index in [4.69, 9.17) is 4.74 Å². The lowest BCUT2D eigenvalue weighted by Gasteiger charge is -2.23. The Morgan fingerprint density at radius 3 is 2.32 bits per heavy atom. The second-order valence-corrected chi connectivity index (χ2v) is 5.01. The lowest BCUT2D eigenvalue weighted by molar-refractivity contribution is 0.323. The molecule has 0 bridgehead atoms. The number of anilines is 1. The van der Waals surface area contributed by atoms with Gasteiger partial charge in [-0.15, -0.1) is 0 Å². The van der Waals surface area contributed by atoms with Crippen molar-refractivity contribution in [3.8, 4) is 11.5 Å². The highest BCUT2D eigenvalue weighted by atomic mass is 16.5. The van der Waals surface area contributed by atoms with E-state index in [1.165, 1.54) is 11.3 Å². The first kappa shape index (κ1) is 16.0. The van der Waals surface area contributed by atoms with Crippen LogP contribution in [0.2, 0.25) is 0 Å². The molecular formula is C19H23NO2. The van der Waals surface area contributed by atoms with Crippen molar-refractivity contribution in [3.63, 3.8) is 0 Å². The van der Waals surface area contributed by atoms with Crippen LogP contribution in [-0.2, 0) is 0 Å². The van der Waals surface area contributed by atoms with Gasteiger partial charge in [0.05, 0.1) is 6.54 Å². The minimum absolute atomic E-state index is 0.253. The number of hydrogen-bond donors (Lipinski definition) is 1. The third-order valence-electron chi connectivity index (χ3n) is 3.47. The van der Waals surface area contributed by atoms with Crippen molar-refractivity contribution in [1.29, 1.82) is 0 Å². The van der Waals surface area contributed by atoms with Crippen LogP contribution in [-0.4, -0.2) is 24.8 Å². The second kappa shape index (κ2) is 8.13. The average Bonchev–Trinajstić information content (AvgIpc) is 2.55. The largest absolute Gasteiger partial charge is 0.508 e. The molecule has 0 aliphatic carbocycles. The Morgan fingerprint density at radius 2 is 1.73 bits per heavy atom. The molecule has 0 saturated heterocycles. The summed E-state index contributed by atoms with van der Waals surface area (Å²) in [7, 11) is 0. The van der Waals surface area contributed by atoms with Crippen molar-refractivity contribution in [2.75, 3.05) is 24.6 Å². The Labute approximate surface area is 132 Å². The smallest absolute Gasteiger partial charge is 0.119 e. The van der Waals surface area contributed by atoms with Crippen LogP contribution in [0.3, 0.4) is 0 Å². The van der Waals surface area contributed by atoms with Gasteiger partial charge in [-0.2, -0.15) is 0 Å². The molecule has 0 spiro atoms. The molecule has 2 rings (SSSR count). The van der Waals surface area contributed by atoms with Crippen LogP contribution in [0.25, 0.3) is 6.08 Å². The van der Waals surface area contributed by atoms with Gasteiger partial charge < -0.3 is 14.7 Å². The van der Waals surface area contributed by atoms with Crippen molar-refractivity contribution in [2.24, 2.45) is 0 Å². The summed E-state index contributed by atoms with van der Waals surface area (Å²) in [4.78, 5) is 2.28. The normalized spacial score (nSPS) is 10.8. The van der Waals surface area contributed by atoms with E-state index in [2.05, 4.69) is 42.2 Å². The predicted octanol–water partition coefficient (Wildman–Crippen LogP) is 4.33. The van der Waals surface area contributed by atoms with Crippen molar-refractivity contribution in [1.82, 2.24) is 0 Å². The topological polar surface area (TPSA) is 32.7 Å². The highest BCUT2D eigenvalue weighted by Gasteiger charge is 2.04. The van der Waals surface area contributed by atoms with Crippen LogP contribution in [0.1, 0.15) is 19.4 Å². The Hall–Kier alpha value is -2.42. The van der Waals surface area contributed by atoms with Gasteiger partial charge in [0, 0.05) is 12.2 Å². The molecule has 2 aromatic carbocycles. The summed E-state index contributed by atoms with van der Waals surface area (Å²) in [5, 5.41) is 9.25. The molecule has 3 nitrogen and oxygen atoms in total. The van der Waals surface area contributed by atoms with Gasteiger partial charge in [-0.1, -0.05) is 24.3 Å². The lowest BCUT2D eigenvalue weighted by atomic mass is 10.2. The molecule has 3 heteroatoms. The van der Waals surface area contributed by atoms with Gasteiger partial charge in [0.25, 0.3) is 0 Å². The second-order valence-electron chi connectivity index (χ2n) is 5.01. The fourth-order valence-corrected chi connectivity index (χ4v) is 2.27. The van der Waals surface area contributed by atoms with Gasteiger partial charge in [-0.05, 0) is 55.8 Å². The zero-order valence-electron chi connectivity index (χ0n) is 13.2. The molecule has 2 aromatic rings. The number of benzene rings is 2. The van der Waals surface area contributed by atoms with Crippen molar-refractivity contribution in [3.05, 3.63) is 60.2 Å². The van der Waals surface area contributed by atoms with E-state index in [0.29, 0.717) is 6.61 Å². The van der Waals surface area contributed by atoms with Gasteiger partial charge >= 0.3 is 0 Å². The van der Waals surface area contributed by atoms with Crippen molar-refractivity contribution < 1.29 is 9.84 Å². The molecule has 0 saturated carbocycles. The fraction of sp³-hybridized carbons (Fsp3) is 0.263. The first-order valence-corrected chi connectivity index (χ1v) is 7.62. The highest BCUT2D eigenvalue weighted by molar-refractivity contribution is 5.55. The number of aromatic hydroxyl groups is 1. The number of phenolic OH excluding ortho intramolecular Hbond substituents is 1. The molecule has 0 aliphatic heterocycles. The Morgan fingerprint density at radius 1 is 1.05 bits per heavy atom. The van der Waals surface area contributed by atoms with E-state index >= 15 is 0 Å². The number of phenols is 1. The summed E-state index contributed by atoms with van der Waals surface area (Å²) in [6.45, 7) is 6.52. The maximum Gasteiger partial charge on any atom is 0.119 e. The maximum atomic E-state index is 9.25. The zero-order chi connectivity index (χ0) is 15.8. The fourth-order valence-electron chi connectivity index (χ4n) is 2.27. The number of hydrogen-bond acceptors (Lipinski definition) is 3. The first-order chi connectivity index (χ1) is 10.7. The lowest BCUT2D eigenvalue weighted by Crippen LogP contribution is -2.27. The van der Waals surface area contributed by atoms with Gasteiger partial charge in [0.2, 0.25) is 0 Å². The van der Waals surface area contributed by atoms with E-state index in [-0.39, 0.29) is 5.75 Å². The number of likely N-dealkylation sites (N-methyl/N-ethyl adjacent to an activating group) is 1. The molecule has 0 amide bonds. The first-order valence-electron chi connectivity index (χ1n) is 7.62. The van der Waals surface area contributed by atoms with Crippen LogP contribution >= 0.6 is 0 Å². The molecule has 0 radical (unpaired) electrons. The summed E-state index contributed by atoms with van der Waals surface area (Å²) in [5.74, 6) is 1.03. The molecule has 116 valence electrons. The number of allylic oxidation sites excluding steroid dienone is 1. The van der Waals surface area contributed by atoms with Crippen molar-refractivity contribution in [2.45, 2.75) is 13.8 Å². The van der Waals surface area contributed by atoms with Gasteiger partial charge in [0.15, 0.2) is 0 Å². The molecule has 0 aliphatic rings. The number of rotatable bonds is 7. The summed E-state index contributed by atoms with van der Waals surface area (Å²) >= 11 is 0. The van der Waals surface area contributed by atoms with Gasteiger partial charge in [0.1, 0.15) is 18.1 Å². The average molecular weight is 297 g/mol. The van der Waals surface area contributed by atoms with Crippen LogP contribution < -0.4 is 9.64 Å². The van der Waals surface area contributed by atoms with Gasteiger partial charge in [-0.3, -0.25) is 0 Å². The minimum Gasteiger partial charge on any atom is -0.508 e. The predicted molar refractivity (Wildman–Crippen MR) is 92.6 cm³/mol. The molecule has 0 unspecified atom stereocenters. The zero-order valence-corrected chi connectivity index (χ0v) is 13.2. The molecule has 0 fully saturated rings. The number of ether oxygens (including phenoxy) is 1. The standard InChI is InChI=1S/C19H23NO2/c1-3-5-16-6-8-17(9-7-16)20(4-2)14-15-22-19-12-10-18(21)11-13-19/h3,5-13,21H,4,14-15H2,1-2H3/b5-3+. The third-order valence-corrected chi connectivity index (χ3v) is 3.47. The molecule has 0 heterocycles. The van der Waals surface area contributed by atoms with E-state index < -0.39 is 0 Å². The molecule has 1 N–H and O–H groups in total. The SMILES string of the molecule is C/C=C/c1ccc(N(CC)CCOc2ccc(O)cc2)cc1. The van der Waals surface area contributed by atoms with Crippen LogP contribution in [0.4, 0.5) is 5.69 Å². The highest BCUT2D eigenvalue weighted by Crippen LogP contribution is 2.18. The Kier molecular flexibility index (Phi) is 5.90. The van der Waals surface area contributed by atoms with Crippen LogP contribution in [0, 0.1) is 0 Å². The summed E-state index contributed by atoms with van der Waals surface area (Å²) in [5.41, 5.74) is 2.41. The van der Waals surface area contributed by atoms with Crippen LogP contribution in [0.5, 0.6) is 11.5 Å². The quantitative estimate of drug-likeness (QED) is 0.825. The van der Waals surface area contributed by atoms with Crippen LogP contribution in [0.15, 0.2) is 54.6 Å². The summed E-state index contributed by atoms with van der Waals surface area (Å²) in [6.07, 6.45) is 4.13. The molecule has 0 atom stereocenters. The van der Waals surface area contributed by atoms with Gasteiger partial charge in [-0.25, -0.2) is 0 Å². The number of nitrogens with zero attached hydrogens (tertiary/aromatic N) is 1. The summed E-state index contributed by atoms with van der Waals surface area (Å²) < 4.78 is 5.71. The minimum atomic E-state index is 0.253. The molecule has 22 heavy (non-hydrogen) atoms. The van der Waals surface area contributed by atoms with Crippen molar-refractivity contribution >= 4 is 11.8 Å². The monoisotopic (exact) mass is 297 g/mol. The van der Waals surface area contributed by atoms with E-state index in [1.54, 1.807) is 24.3 Å².